The summed E-state index contributed by atoms with van der Waals surface area (Å²) in [6.07, 6.45) is 5.78. The van der Waals surface area contributed by atoms with Crippen molar-refractivity contribution in [3.63, 3.8) is 0 Å². The maximum absolute atomic E-state index is 12.4. The van der Waals surface area contributed by atoms with Gasteiger partial charge in [0.25, 0.3) is 0 Å². The number of amides is 2. The van der Waals surface area contributed by atoms with E-state index < -0.39 is 0 Å². The van der Waals surface area contributed by atoms with Crippen LogP contribution in [0.2, 0.25) is 0 Å². The molecular formula is C15H29N3O3. The molecule has 0 aliphatic heterocycles. The first-order valence-electron chi connectivity index (χ1n) is 7.82. The van der Waals surface area contributed by atoms with Gasteiger partial charge in [0.1, 0.15) is 0 Å². The second-order valence-electron chi connectivity index (χ2n) is 5.80. The van der Waals surface area contributed by atoms with Crippen molar-refractivity contribution in [3.05, 3.63) is 0 Å². The monoisotopic (exact) mass is 299 g/mol. The summed E-state index contributed by atoms with van der Waals surface area (Å²) in [6, 6.07) is -0.0767. The Kier molecular flexibility index (Phi) is 8.30. The van der Waals surface area contributed by atoms with Crippen molar-refractivity contribution in [3.8, 4) is 0 Å². The molecule has 0 aromatic heterocycles. The fraction of sp³-hybridized carbons (Fsp3) is 0.867. The third-order valence-electron chi connectivity index (χ3n) is 3.99. The van der Waals surface area contributed by atoms with Gasteiger partial charge in [0.05, 0.1) is 12.5 Å². The summed E-state index contributed by atoms with van der Waals surface area (Å²) < 4.78 is 4.92. The molecule has 0 radical (unpaired) electrons. The largest absolute Gasteiger partial charge is 0.385 e. The predicted octanol–water partition coefficient (Wildman–Crippen LogP) is 0.505. The number of nitrogens with two attached hydrogens (primary N) is 1. The van der Waals surface area contributed by atoms with Crippen molar-refractivity contribution in [1.82, 2.24) is 10.2 Å². The Hall–Kier alpha value is -1.14. The van der Waals surface area contributed by atoms with Gasteiger partial charge in [0.15, 0.2) is 0 Å². The molecule has 2 amide bonds. The molecule has 0 spiro atoms. The number of nitrogens with one attached hydrogen (secondary N) is 1. The van der Waals surface area contributed by atoms with E-state index in [-0.39, 0.29) is 30.3 Å². The lowest BCUT2D eigenvalue weighted by atomic mass is 9.94. The van der Waals surface area contributed by atoms with Crippen LogP contribution in [0.15, 0.2) is 0 Å². The van der Waals surface area contributed by atoms with E-state index in [0.29, 0.717) is 13.2 Å². The van der Waals surface area contributed by atoms with E-state index in [1.807, 2.05) is 0 Å². The van der Waals surface area contributed by atoms with Gasteiger partial charge in [0, 0.05) is 33.4 Å². The van der Waals surface area contributed by atoms with Crippen molar-refractivity contribution in [2.45, 2.75) is 44.6 Å². The van der Waals surface area contributed by atoms with Crippen LogP contribution in [0.25, 0.3) is 0 Å². The van der Waals surface area contributed by atoms with Crippen LogP contribution in [0.4, 0.5) is 0 Å². The van der Waals surface area contributed by atoms with Crippen LogP contribution < -0.4 is 11.1 Å². The SMILES string of the molecule is COCCCNC(=O)CN(C)C(=O)C1CCCCCC1N. The zero-order valence-electron chi connectivity index (χ0n) is 13.3. The van der Waals surface area contributed by atoms with Crippen molar-refractivity contribution in [1.29, 1.82) is 0 Å². The zero-order valence-corrected chi connectivity index (χ0v) is 13.3. The van der Waals surface area contributed by atoms with Crippen molar-refractivity contribution in [2.75, 3.05) is 33.9 Å². The van der Waals surface area contributed by atoms with Crippen LogP contribution in [0.5, 0.6) is 0 Å². The highest BCUT2D eigenvalue weighted by Gasteiger charge is 2.29. The molecule has 0 heterocycles. The molecule has 21 heavy (non-hydrogen) atoms. The summed E-state index contributed by atoms with van der Waals surface area (Å²) in [5, 5.41) is 2.79. The summed E-state index contributed by atoms with van der Waals surface area (Å²) in [4.78, 5) is 25.7. The van der Waals surface area contributed by atoms with Gasteiger partial charge in [0.2, 0.25) is 11.8 Å². The molecule has 2 unspecified atom stereocenters. The van der Waals surface area contributed by atoms with E-state index in [1.165, 1.54) is 4.90 Å². The van der Waals surface area contributed by atoms with E-state index in [9.17, 15) is 9.59 Å². The second-order valence-corrected chi connectivity index (χ2v) is 5.80. The Labute approximate surface area is 127 Å². The van der Waals surface area contributed by atoms with Gasteiger partial charge in [-0.1, -0.05) is 19.3 Å². The van der Waals surface area contributed by atoms with E-state index in [0.717, 1.165) is 38.5 Å². The van der Waals surface area contributed by atoms with Crippen LogP contribution in [-0.4, -0.2) is 56.6 Å². The Balaban J connectivity index is 2.37. The summed E-state index contributed by atoms with van der Waals surface area (Å²) in [5.74, 6) is -0.278. The van der Waals surface area contributed by atoms with Gasteiger partial charge in [-0.05, 0) is 19.3 Å². The Morgan fingerprint density at radius 2 is 2.00 bits per heavy atom. The number of rotatable bonds is 7. The van der Waals surface area contributed by atoms with E-state index >= 15 is 0 Å². The summed E-state index contributed by atoms with van der Waals surface area (Å²) in [7, 11) is 3.30. The molecule has 0 saturated heterocycles. The third kappa shape index (κ3) is 6.44. The van der Waals surface area contributed by atoms with Crippen molar-refractivity contribution < 1.29 is 14.3 Å². The molecule has 6 heteroatoms. The van der Waals surface area contributed by atoms with Crippen molar-refractivity contribution >= 4 is 11.8 Å². The van der Waals surface area contributed by atoms with E-state index in [1.54, 1.807) is 14.2 Å². The van der Waals surface area contributed by atoms with Crippen LogP contribution in [-0.2, 0) is 14.3 Å². The van der Waals surface area contributed by atoms with Crippen LogP contribution >= 0.6 is 0 Å². The Morgan fingerprint density at radius 1 is 1.29 bits per heavy atom. The molecule has 1 saturated carbocycles. The van der Waals surface area contributed by atoms with Gasteiger partial charge >= 0.3 is 0 Å². The molecule has 2 atom stereocenters. The van der Waals surface area contributed by atoms with Crippen molar-refractivity contribution in [2.24, 2.45) is 11.7 Å². The molecule has 3 N–H and O–H groups in total. The molecule has 0 aromatic carbocycles. The Morgan fingerprint density at radius 3 is 2.71 bits per heavy atom. The van der Waals surface area contributed by atoms with Gasteiger partial charge in [-0.15, -0.1) is 0 Å². The second kappa shape index (κ2) is 9.73. The minimum absolute atomic E-state index is 0.00329. The molecule has 122 valence electrons. The zero-order chi connectivity index (χ0) is 15.7. The summed E-state index contributed by atoms with van der Waals surface area (Å²) in [6.45, 7) is 1.28. The molecule has 1 aliphatic carbocycles. The van der Waals surface area contributed by atoms with E-state index in [2.05, 4.69) is 5.32 Å². The first kappa shape index (κ1) is 17.9. The standard InChI is InChI=1S/C15H29N3O3/c1-18(11-14(19)17-9-6-10-21-2)15(20)12-7-4-3-5-8-13(12)16/h12-13H,3-11,16H2,1-2H3,(H,17,19). The highest BCUT2D eigenvalue weighted by Crippen LogP contribution is 2.23. The number of likely N-dealkylation sites (N-methyl/N-ethyl adjacent to an activating group) is 1. The fourth-order valence-corrected chi connectivity index (χ4v) is 2.72. The fourth-order valence-electron chi connectivity index (χ4n) is 2.72. The average Bonchev–Trinajstić information content (AvgIpc) is 2.67. The Bertz CT molecular complexity index is 336. The quantitative estimate of drug-likeness (QED) is 0.530. The lowest BCUT2D eigenvalue weighted by Gasteiger charge is -2.26. The number of carbonyl (C=O) groups is 2. The minimum Gasteiger partial charge on any atom is -0.385 e. The van der Waals surface area contributed by atoms with Crippen LogP contribution in [0.3, 0.4) is 0 Å². The number of ether oxygens (including phenoxy) is 1. The lowest BCUT2D eigenvalue weighted by molar-refractivity contribution is -0.138. The van der Waals surface area contributed by atoms with Gasteiger partial charge < -0.3 is 20.7 Å². The van der Waals surface area contributed by atoms with Gasteiger partial charge in [-0.25, -0.2) is 0 Å². The first-order valence-corrected chi connectivity index (χ1v) is 7.82. The molecule has 6 nitrogen and oxygen atoms in total. The molecule has 1 rings (SSSR count). The number of hydrogen-bond donors (Lipinski definition) is 2. The molecule has 0 bridgehead atoms. The first-order chi connectivity index (χ1) is 10.1. The number of carbonyl (C=O) groups excluding carboxylic acids is 2. The maximum Gasteiger partial charge on any atom is 0.239 e. The molecule has 1 fully saturated rings. The lowest BCUT2D eigenvalue weighted by Crippen LogP contribution is -2.45. The van der Waals surface area contributed by atoms with Crippen LogP contribution in [0, 0.1) is 5.92 Å². The number of hydrogen-bond acceptors (Lipinski definition) is 4. The third-order valence-corrected chi connectivity index (χ3v) is 3.99. The van der Waals surface area contributed by atoms with Gasteiger partial charge in [-0.3, -0.25) is 9.59 Å². The molecule has 0 aromatic rings. The van der Waals surface area contributed by atoms with E-state index in [4.69, 9.17) is 10.5 Å². The minimum atomic E-state index is -0.140. The molecule has 1 aliphatic rings. The predicted molar refractivity (Wildman–Crippen MR) is 81.7 cm³/mol. The molecular weight excluding hydrogens is 270 g/mol. The highest BCUT2D eigenvalue weighted by atomic mass is 16.5. The number of nitrogens with zero attached hydrogens (tertiary/aromatic N) is 1. The topological polar surface area (TPSA) is 84.7 Å². The maximum atomic E-state index is 12.4. The average molecular weight is 299 g/mol. The summed E-state index contributed by atoms with van der Waals surface area (Å²) in [5.41, 5.74) is 6.10. The smallest absolute Gasteiger partial charge is 0.239 e. The van der Waals surface area contributed by atoms with Crippen LogP contribution in [0.1, 0.15) is 38.5 Å². The highest BCUT2D eigenvalue weighted by molar-refractivity contribution is 5.86. The van der Waals surface area contributed by atoms with Gasteiger partial charge in [-0.2, -0.15) is 0 Å². The summed E-state index contributed by atoms with van der Waals surface area (Å²) >= 11 is 0. The number of methoxy groups -OCH3 is 1. The normalized spacial score (nSPS) is 22.4.